The summed E-state index contributed by atoms with van der Waals surface area (Å²) < 4.78 is 0. The second-order valence-electron chi connectivity index (χ2n) is 4.15. The van der Waals surface area contributed by atoms with Crippen LogP contribution in [0.4, 0.5) is 0 Å². The van der Waals surface area contributed by atoms with Crippen LogP contribution < -0.4 is 10.6 Å². The smallest absolute Gasteiger partial charge is 0.312 e. The van der Waals surface area contributed by atoms with Crippen molar-refractivity contribution in [1.82, 2.24) is 10.6 Å². The minimum atomic E-state index is -1.22. The molecule has 0 bridgehead atoms. The zero-order chi connectivity index (χ0) is 12.1. The summed E-state index contributed by atoms with van der Waals surface area (Å²) in [6.07, 6.45) is -0.622. The third-order valence-electron chi connectivity index (χ3n) is 1.27. The molecule has 0 saturated heterocycles. The highest BCUT2D eigenvalue weighted by atomic mass is 16.4. The molecule has 15 heavy (non-hydrogen) atoms. The van der Waals surface area contributed by atoms with E-state index < -0.39 is 18.3 Å². The van der Waals surface area contributed by atoms with Crippen LogP contribution in [0.15, 0.2) is 0 Å². The van der Waals surface area contributed by atoms with E-state index in [0.717, 1.165) is 0 Å². The molecule has 0 atom stereocenters. The highest BCUT2D eigenvalue weighted by Gasteiger charge is 2.14. The fraction of sp³-hybridized carbons (Fsp3) is 0.667. The van der Waals surface area contributed by atoms with Gasteiger partial charge in [0.25, 0.3) is 0 Å². The van der Waals surface area contributed by atoms with Gasteiger partial charge in [0.15, 0.2) is 0 Å². The van der Waals surface area contributed by atoms with Crippen LogP contribution in [0.1, 0.15) is 27.2 Å². The van der Waals surface area contributed by atoms with Gasteiger partial charge >= 0.3 is 5.97 Å². The number of nitrogens with one attached hydrogen (secondary N) is 2. The molecule has 0 aliphatic rings. The van der Waals surface area contributed by atoms with Crippen LogP contribution in [0.25, 0.3) is 0 Å². The number of carbonyl (C=O) groups excluding carboxylic acids is 2. The van der Waals surface area contributed by atoms with Crippen molar-refractivity contribution in [2.24, 2.45) is 0 Å². The SMILES string of the molecule is CC(C)(C)NC(=O)CNC(=O)CC(=O)O. The summed E-state index contributed by atoms with van der Waals surface area (Å²) >= 11 is 0. The molecule has 0 heterocycles. The van der Waals surface area contributed by atoms with E-state index in [-0.39, 0.29) is 18.0 Å². The number of amides is 2. The van der Waals surface area contributed by atoms with Gasteiger partial charge in [-0.1, -0.05) is 0 Å². The Hall–Kier alpha value is -1.59. The van der Waals surface area contributed by atoms with Gasteiger partial charge in [-0.25, -0.2) is 0 Å². The summed E-state index contributed by atoms with van der Waals surface area (Å²) in [6, 6.07) is 0. The van der Waals surface area contributed by atoms with Gasteiger partial charge in [0.1, 0.15) is 6.42 Å². The molecule has 0 aromatic heterocycles. The Morgan fingerprint density at radius 3 is 2.07 bits per heavy atom. The molecule has 86 valence electrons. The predicted molar refractivity (Wildman–Crippen MR) is 53.2 cm³/mol. The van der Waals surface area contributed by atoms with E-state index >= 15 is 0 Å². The standard InChI is InChI=1S/C9H16N2O4/c1-9(2,3)11-7(13)5-10-6(12)4-8(14)15/h4-5H2,1-3H3,(H,10,12)(H,11,13)(H,14,15). The van der Waals surface area contributed by atoms with E-state index in [1.54, 1.807) is 0 Å². The summed E-state index contributed by atoms with van der Waals surface area (Å²) in [6.45, 7) is 5.22. The third-order valence-corrected chi connectivity index (χ3v) is 1.27. The molecule has 0 aromatic carbocycles. The van der Waals surface area contributed by atoms with Gasteiger partial charge in [-0.05, 0) is 20.8 Å². The number of rotatable bonds is 4. The largest absolute Gasteiger partial charge is 0.481 e. The van der Waals surface area contributed by atoms with E-state index in [1.807, 2.05) is 20.8 Å². The second-order valence-corrected chi connectivity index (χ2v) is 4.15. The molecule has 0 rings (SSSR count). The lowest BCUT2D eigenvalue weighted by Gasteiger charge is -2.20. The molecular weight excluding hydrogens is 200 g/mol. The average Bonchev–Trinajstić information content (AvgIpc) is 1.96. The lowest BCUT2D eigenvalue weighted by atomic mass is 10.1. The first-order valence-corrected chi connectivity index (χ1v) is 4.50. The Labute approximate surface area is 88.0 Å². The van der Waals surface area contributed by atoms with Crippen LogP contribution in [0.3, 0.4) is 0 Å². The maximum Gasteiger partial charge on any atom is 0.312 e. The molecule has 3 N–H and O–H groups in total. The van der Waals surface area contributed by atoms with Gasteiger partial charge in [0.2, 0.25) is 11.8 Å². The molecule has 6 heteroatoms. The van der Waals surface area contributed by atoms with Crippen molar-refractivity contribution in [2.45, 2.75) is 32.7 Å². The second kappa shape index (κ2) is 5.33. The number of hydrogen-bond donors (Lipinski definition) is 3. The zero-order valence-corrected chi connectivity index (χ0v) is 9.09. The van der Waals surface area contributed by atoms with Crippen molar-refractivity contribution in [2.75, 3.05) is 6.54 Å². The van der Waals surface area contributed by atoms with Gasteiger partial charge in [-0.2, -0.15) is 0 Å². The number of carboxylic acid groups (broad SMARTS) is 1. The van der Waals surface area contributed by atoms with Gasteiger partial charge in [-0.15, -0.1) is 0 Å². The molecule has 0 spiro atoms. The lowest BCUT2D eigenvalue weighted by Crippen LogP contribution is -2.46. The van der Waals surface area contributed by atoms with Gasteiger partial charge in [0, 0.05) is 5.54 Å². The normalized spacial score (nSPS) is 10.6. The van der Waals surface area contributed by atoms with Crippen LogP contribution in [0.2, 0.25) is 0 Å². The minimum absolute atomic E-state index is 0.205. The van der Waals surface area contributed by atoms with Crippen LogP contribution in [-0.4, -0.2) is 35.0 Å². The summed E-state index contributed by atoms with van der Waals surface area (Å²) in [7, 11) is 0. The summed E-state index contributed by atoms with van der Waals surface area (Å²) in [5.74, 6) is -2.24. The van der Waals surface area contributed by atoms with Crippen LogP contribution in [-0.2, 0) is 14.4 Å². The van der Waals surface area contributed by atoms with E-state index in [4.69, 9.17) is 5.11 Å². The molecule has 0 aliphatic heterocycles. The molecule has 0 saturated carbocycles. The quantitative estimate of drug-likeness (QED) is 0.551. The van der Waals surface area contributed by atoms with E-state index in [0.29, 0.717) is 0 Å². The van der Waals surface area contributed by atoms with Crippen molar-refractivity contribution in [3.05, 3.63) is 0 Å². The van der Waals surface area contributed by atoms with Gasteiger partial charge < -0.3 is 15.7 Å². The first kappa shape index (κ1) is 13.4. The van der Waals surface area contributed by atoms with E-state index in [1.165, 1.54) is 0 Å². The van der Waals surface area contributed by atoms with Crippen molar-refractivity contribution >= 4 is 17.8 Å². The van der Waals surface area contributed by atoms with Crippen LogP contribution in [0.5, 0.6) is 0 Å². The topological polar surface area (TPSA) is 95.5 Å². The highest BCUT2D eigenvalue weighted by Crippen LogP contribution is 1.97. The fourth-order valence-corrected chi connectivity index (χ4v) is 0.841. The molecule has 0 aliphatic carbocycles. The Balaban J connectivity index is 3.82. The predicted octanol–water partition coefficient (Wildman–Crippen LogP) is -0.508. The Morgan fingerprint density at radius 2 is 1.67 bits per heavy atom. The zero-order valence-electron chi connectivity index (χ0n) is 9.09. The van der Waals surface area contributed by atoms with Crippen molar-refractivity contribution in [3.63, 3.8) is 0 Å². The Bertz CT molecular complexity index is 268. The maximum atomic E-state index is 11.2. The Morgan fingerprint density at radius 1 is 1.13 bits per heavy atom. The first-order valence-electron chi connectivity index (χ1n) is 4.50. The van der Waals surface area contributed by atoms with Gasteiger partial charge in [-0.3, -0.25) is 14.4 Å². The van der Waals surface area contributed by atoms with Crippen LogP contribution in [0, 0.1) is 0 Å². The molecular formula is C9H16N2O4. The molecule has 0 aromatic rings. The molecule has 0 unspecified atom stereocenters. The number of aliphatic carboxylic acids is 1. The van der Waals surface area contributed by atoms with Gasteiger partial charge in [0.05, 0.1) is 6.54 Å². The minimum Gasteiger partial charge on any atom is -0.481 e. The summed E-state index contributed by atoms with van der Waals surface area (Å²) in [5, 5.41) is 13.1. The van der Waals surface area contributed by atoms with Crippen molar-refractivity contribution in [3.8, 4) is 0 Å². The molecule has 2 amide bonds. The summed E-state index contributed by atoms with van der Waals surface area (Å²) in [4.78, 5) is 32.1. The number of hydrogen-bond acceptors (Lipinski definition) is 3. The third kappa shape index (κ3) is 8.73. The first-order chi connectivity index (χ1) is 6.70. The average molecular weight is 216 g/mol. The molecule has 0 radical (unpaired) electrons. The lowest BCUT2D eigenvalue weighted by molar-refractivity contribution is -0.141. The number of carbonyl (C=O) groups is 3. The number of carboxylic acids is 1. The van der Waals surface area contributed by atoms with Crippen LogP contribution >= 0.6 is 0 Å². The van der Waals surface area contributed by atoms with E-state index in [9.17, 15) is 14.4 Å². The van der Waals surface area contributed by atoms with Crippen molar-refractivity contribution in [1.29, 1.82) is 0 Å². The monoisotopic (exact) mass is 216 g/mol. The summed E-state index contributed by atoms with van der Waals surface area (Å²) in [5.41, 5.74) is -0.366. The molecule has 6 nitrogen and oxygen atoms in total. The highest BCUT2D eigenvalue weighted by molar-refractivity contribution is 5.95. The Kier molecular flexibility index (Phi) is 4.77. The van der Waals surface area contributed by atoms with Crippen molar-refractivity contribution < 1.29 is 19.5 Å². The molecule has 0 fully saturated rings. The maximum absolute atomic E-state index is 11.2. The fourth-order valence-electron chi connectivity index (χ4n) is 0.841. The van der Waals surface area contributed by atoms with E-state index in [2.05, 4.69) is 10.6 Å².